The van der Waals surface area contributed by atoms with Crippen LogP contribution in [-0.2, 0) is 0 Å². The Kier molecular flexibility index (Phi) is 4.84. The molecule has 92 valence electrons. The molecule has 3 nitrogen and oxygen atoms in total. The van der Waals surface area contributed by atoms with Crippen molar-refractivity contribution in [2.24, 2.45) is 5.92 Å². The summed E-state index contributed by atoms with van der Waals surface area (Å²) >= 11 is 0. The summed E-state index contributed by atoms with van der Waals surface area (Å²) in [5, 5.41) is 12.2. The second-order valence-electron chi connectivity index (χ2n) is 4.27. The SMILES string of the molecule is CCC(C#N)CNc1c(C)cc(C)cc1OC. The van der Waals surface area contributed by atoms with Crippen molar-refractivity contribution in [3.8, 4) is 11.8 Å². The second kappa shape index (κ2) is 6.15. The Morgan fingerprint density at radius 2 is 2.12 bits per heavy atom. The van der Waals surface area contributed by atoms with Gasteiger partial charge in [-0.3, -0.25) is 0 Å². The van der Waals surface area contributed by atoms with Gasteiger partial charge in [0, 0.05) is 6.54 Å². The third-order valence-corrected chi connectivity index (χ3v) is 2.86. The summed E-state index contributed by atoms with van der Waals surface area (Å²) in [7, 11) is 1.67. The number of nitrogens with zero attached hydrogens (tertiary/aromatic N) is 1. The van der Waals surface area contributed by atoms with Crippen molar-refractivity contribution in [3.63, 3.8) is 0 Å². The predicted molar refractivity (Wildman–Crippen MR) is 70.4 cm³/mol. The van der Waals surface area contributed by atoms with Crippen molar-refractivity contribution in [3.05, 3.63) is 23.3 Å². The topological polar surface area (TPSA) is 45.0 Å². The quantitative estimate of drug-likeness (QED) is 0.847. The number of ether oxygens (including phenoxy) is 1. The first-order chi connectivity index (χ1) is 8.12. The molecule has 1 N–H and O–H groups in total. The molecule has 0 saturated carbocycles. The van der Waals surface area contributed by atoms with E-state index in [1.54, 1.807) is 7.11 Å². The third kappa shape index (κ3) is 3.39. The van der Waals surface area contributed by atoms with E-state index >= 15 is 0 Å². The maximum Gasteiger partial charge on any atom is 0.142 e. The molecule has 3 heteroatoms. The summed E-state index contributed by atoms with van der Waals surface area (Å²) in [5.41, 5.74) is 3.32. The van der Waals surface area contributed by atoms with E-state index in [1.165, 1.54) is 5.56 Å². The van der Waals surface area contributed by atoms with Crippen LogP contribution in [0.3, 0.4) is 0 Å². The summed E-state index contributed by atoms with van der Waals surface area (Å²) in [6.45, 7) is 6.77. The Labute approximate surface area is 103 Å². The smallest absolute Gasteiger partial charge is 0.142 e. The normalized spacial score (nSPS) is 11.7. The van der Waals surface area contributed by atoms with Crippen LogP contribution < -0.4 is 10.1 Å². The minimum atomic E-state index is 0.0420. The molecular weight excluding hydrogens is 212 g/mol. The molecular formula is C14H20N2O. The van der Waals surface area contributed by atoms with Gasteiger partial charge in [0.2, 0.25) is 0 Å². The Morgan fingerprint density at radius 1 is 1.41 bits per heavy atom. The molecule has 0 aliphatic carbocycles. The van der Waals surface area contributed by atoms with Gasteiger partial charge in [-0.15, -0.1) is 0 Å². The van der Waals surface area contributed by atoms with Crippen LogP contribution in [0, 0.1) is 31.1 Å². The van der Waals surface area contributed by atoms with Crippen LogP contribution in [0.25, 0.3) is 0 Å². The van der Waals surface area contributed by atoms with Crippen molar-refractivity contribution in [2.75, 3.05) is 19.0 Å². The number of nitriles is 1. The molecule has 0 aliphatic heterocycles. The van der Waals surface area contributed by atoms with Gasteiger partial charge in [-0.05, 0) is 37.5 Å². The Morgan fingerprint density at radius 3 is 2.65 bits per heavy atom. The number of aryl methyl sites for hydroxylation is 2. The van der Waals surface area contributed by atoms with Crippen LogP contribution in [-0.4, -0.2) is 13.7 Å². The lowest BCUT2D eigenvalue weighted by atomic mass is 10.1. The second-order valence-corrected chi connectivity index (χ2v) is 4.27. The van der Waals surface area contributed by atoms with Crippen molar-refractivity contribution in [2.45, 2.75) is 27.2 Å². The van der Waals surface area contributed by atoms with Gasteiger partial charge in [0.05, 0.1) is 24.8 Å². The Hall–Kier alpha value is -1.69. The zero-order valence-electron chi connectivity index (χ0n) is 11.0. The van der Waals surface area contributed by atoms with E-state index < -0.39 is 0 Å². The minimum Gasteiger partial charge on any atom is -0.495 e. The molecule has 0 aliphatic rings. The highest BCUT2D eigenvalue weighted by Crippen LogP contribution is 2.29. The average molecular weight is 232 g/mol. The number of methoxy groups -OCH3 is 1. The van der Waals surface area contributed by atoms with Gasteiger partial charge in [0.15, 0.2) is 0 Å². The number of rotatable bonds is 5. The average Bonchev–Trinajstić information content (AvgIpc) is 2.31. The zero-order chi connectivity index (χ0) is 12.8. The van der Waals surface area contributed by atoms with Gasteiger partial charge >= 0.3 is 0 Å². The summed E-state index contributed by atoms with van der Waals surface area (Å²) in [5.74, 6) is 0.885. The van der Waals surface area contributed by atoms with Crippen LogP contribution in [0.4, 0.5) is 5.69 Å². The Bertz CT molecular complexity index is 421. The van der Waals surface area contributed by atoms with E-state index in [9.17, 15) is 0 Å². The molecule has 0 heterocycles. The maximum absolute atomic E-state index is 8.92. The highest BCUT2D eigenvalue weighted by Gasteiger charge is 2.10. The number of nitrogens with one attached hydrogen (secondary N) is 1. The number of anilines is 1. The molecule has 17 heavy (non-hydrogen) atoms. The van der Waals surface area contributed by atoms with E-state index in [0.717, 1.165) is 23.4 Å². The van der Waals surface area contributed by atoms with Crippen molar-refractivity contribution < 1.29 is 4.74 Å². The molecule has 0 aromatic heterocycles. The molecule has 0 saturated heterocycles. The number of hydrogen-bond donors (Lipinski definition) is 1. The lowest BCUT2D eigenvalue weighted by Gasteiger charge is -2.16. The van der Waals surface area contributed by atoms with Gasteiger partial charge in [-0.25, -0.2) is 0 Å². The highest BCUT2D eigenvalue weighted by molar-refractivity contribution is 5.63. The summed E-state index contributed by atoms with van der Waals surface area (Å²) in [6.07, 6.45) is 0.858. The van der Waals surface area contributed by atoms with Crippen molar-refractivity contribution >= 4 is 5.69 Å². The first kappa shape index (κ1) is 13.4. The highest BCUT2D eigenvalue weighted by atomic mass is 16.5. The third-order valence-electron chi connectivity index (χ3n) is 2.86. The van der Waals surface area contributed by atoms with Crippen molar-refractivity contribution in [1.82, 2.24) is 0 Å². The van der Waals surface area contributed by atoms with Crippen LogP contribution in [0.15, 0.2) is 12.1 Å². The first-order valence-corrected chi connectivity index (χ1v) is 5.91. The zero-order valence-corrected chi connectivity index (χ0v) is 11.0. The maximum atomic E-state index is 8.92. The van der Waals surface area contributed by atoms with Crippen LogP contribution in [0.2, 0.25) is 0 Å². The van der Waals surface area contributed by atoms with Gasteiger partial charge < -0.3 is 10.1 Å². The molecule has 1 aromatic carbocycles. The molecule has 1 unspecified atom stereocenters. The Balaban J connectivity index is 2.87. The van der Waals surface area contributed by atoms with Gasteiger partial charge in [0.1, 0.15) is 5.75 Å². The number of benzene rings is 1. The first-order valence-electron chi connectivity index (χ1n) is 5.91. The van der Waals surface area contributed by atoms with Gasteiger partial charge in [-0.2, -0.15) is 5.26 Å². The van der Waals surface area contributed by atoms with Crippen LogP contribution in [0.5, 0.6) is 5.75 Å². The van der Waals surface area contributed by atoms with Crippen LogP contribution >= 0.6 is 0 Å². The van der Waals surface area contributed by atoms with E-state index in [-0.39, 0.29) is 5.92 Å². The largest absolute Gasteiger partial charge is 0.495 e. The monoisotopic (exact) mass is 232 g/mol. The summed E-state index contributed by atoms with van der Waals surface area (Å²) in [6, 6.07) is 6.40. The van der Waals surface area contributed by atoms with E-state index in [1.807, 2.05) is 26.8 Å². The van der Waals surface area contributed by atoms with Crippen molar-refractivity contribution in [1.29, 1.82) is 5.26 Å². The minimum absolute atomic E-state index is 0.0420. The van der Waals surface area contributed by atoms with E-state index in [4.69, 9.17) is 10.00 Å². The molecule has 1 atom stereocenters. The standard InChI is InChI=1S/C14H20N2O/c1-5-12(8-15)9-16-14-11(3)6-10(2)7-13(14)17-4/h6-7,12,16H,5,9H2,1-4H3. The molecule has 0 bridgehead atoms. The summed E-state index contributed by atoms with van der Waals surface area (Å²) in [4.78, 5) is 0. The van der Waals surface area contributed by atoms with Gasteiger partial charge in [-0.1, -0.05) is 13.0 Å². The molecule has 0 fully saturated rings. The molecule has 0 radical (unpaired) electrons. The fourth-order valence-corrected chi connectivity index (χ4v) is 1.82. The molecule has 1 aromatic rings. The number of hydrogen-bond acceptors (Lipinski definition) is 3. The fourth-order valence-electron chi connectivity index (χ4n) is 1.82. The predicted octanol–water partition coefficient (Wildman–Crippen LogP) is 3.27. The van der Waals surface area contributed by atoms with E-state index in [0.29, 0.717) is 6.54 Å². The summed E-state index contributed by atoms with van der Waals surface area (Å²) < 4.78 is 5.36. The van der Waals surface area contributed by atoms with Gasteiger partial charge in [0.25, 0.3) is 0 Å². The molecule has 0 spiro atoms. The lowest BCUT2D eigenvalue weighted by molar-refractivity contribution is 0.415. The van der Waals surface area contributed by atoms with E-state index in [2.05, 4.69) is 17.5 Å². The van der Waals surface area contributed by atoms with Crippen LogP contribution in [0.1, 0.15) is 24.5 Å². The fraction of sp³-hybridized carbons (Fsp3) is 0.500. The lowest BCUT2D eigenvalue weighted by Crippen LogP contribution is -2.13. The molecule has 0 amide bonds. The molecule has 1 rings (SSSR count).